The monoisotopic (exact) mass is 466 g/mol. The molecule has 5 rings (SSSR count). The van der Waals surface area contributed by atoms with Crippen molar-refractivity contribution in [3.8, 4) is 11.5 Å². The molecule has 3 heterocycles. The molecule has 2 aliphatic heterocycles. The maximum absolute atomic E-state index is 13.2. The van der Waals surface area contributed by atoms with Crippen LogP contribution in [0.2, 0.25) is 0 Å². The van der Waals surface area contributed by atoms with Gasteiger partial charge in [-0.15, -0.1) is 11.3 Å². The molecule has 0 bridgehead atoms. The van der Waals surface area contributed by atoms with E-state index in [1.54, 1.807) is 32.2 Å². The molecule has 10 heteroatoms. The first-order chi connectivity index (χ1) is 15.8. The summed E-state index contributed by atoms with van der Waals surface area (Å²) in [5, 5.41) is 3.51. The van der Waals surface area contributed by atoms with E-state index in [0.717, 1.165) is 20.1 Å². The summed E-state index contributed by atoms with van der Waals surface area (Å²) in [6.07, 6.45) is 0. The Morgan fingerprint density at radius 2 is 1.94 bits per heavy atom. The van der Waals surface area contributed by atoms with Gasteiger partial charge in [-0.2, -0.15) is 0 Å². The highest BCUT2D eigenvalue weighted by Gasteiger charge is 2.50. The second-order valence-corrected chi connectivity index (χ2v) is 9.25. The molecule has 1 aromatic heterocycles. The Bertz CT molecular complexity index is 1240. The molecule has 33 heavy (non-hydrogen) atoms. The predicted octanol–water partition coefficient (Wildman–Crippen LogP) is 2.49. The molecule has 0 aliphatic carbocycles. The molecule has 2 aliphatic rings. The molecular formula is C23H22N4O5S. The summed E-state index contributed by atoms with van der Waals surface area (Å²) < 4.78 is 12.2. The van der Waals surface area contributed by atoms with Crippen molar-refractivity contribution in [1.82, 2.24) is 20.1 Å². The number of carbonyl (C=O) groups is 3. The number of nitrogens with zero attached hydrogens (tertiary/aromatic N) is 3. The summed E-state index contributed by atoms with van der Waals surface area (Å²) in [6, 6.07) is 12.3. The van der Waals surface area contributed by atoms with Gasteiger partial charge in [0.1, 0.15) is 30.3 Å². The van der Waals surface area contributed by atoms with Crippen molar-refractivity contribution < 1.29 is 23.9 Å². The average Bonchev–Trinajstić information content (AvgIpc) is 3.32. The van der Waals surface area contributed by atoms with Crippen LogP contribution in [0.25, 0.3) is 10.2 Å². The molecule has 1 unspecified atom stereocenters. The van der Waals surface area contributed by atoms with Crippen molar-refractivity contribution in [3.63, 3.8) is 0 Å². The van der Waals surface area contributed by atoms with Gasteiger partial charge in [-0.05, 0) is 36.8 Å². The van der Waals surface area contributed by atoms with E-state index in [1.807, 2.05) is 24.3 Å². The van der Waals surface area contributed by atoms with Crippen molar-refractivity contribution >= 4 is 39.4 Å². The Morgan fingerprint density at radius 3 is 2.73 bits per heavy atom. The number of para-hydroxylation sites is 1. The second kappa shape index (κ2) is 8.04. The number of likely N-dealkylation sites (N-methyl/N-ethyl adjacent to an activating group) is 1. The number of aromatic nitrogens is 1. The smallest absolute Gasteiger partial charge is 0.325 e. The van der Waals surface area contributed by atoms with Crippen LogP contribution in [-0.2, 0) is 21.7 Å². The molecule has 2 aromatic carbocycles. The van der Waals surface area contributed by atoms with E-state index in [9.17, 15) is 14.4 Å². The Kier molecular flexibility index (Phi) is 5.16. The van der Waals surface area contributed by atoms with E-state index in [0.29, 0.717) is 36.8 Å². The summed E-state index contributed by atoms with van der Waals surface area (Å²) in [4.78, 5) is 45.7. The van der Waals surface area contributed by atoms with Crippen molar-refractivity contribution in [3.05, 3.63) is 53.0 Å². The SMILES string of the molecule is CN(Cc1nc2ccccc2s1)C(=O)CN1C(=O)NC(C)(c2ccc3c(c2)OCCO3)C1=O. The first-order valence-corrected chi connectivity index (χ1v) is 11.3. The minimum absolute atomic E-state index is 0.293. The van der Waals surface area contributed by atoms with Crippen LogP contribution in [0.5, 0.6) is 11.5 Å². The van der Waals surface area contributed by atoms with Crippen LogP contribution in [0, 0.1) is 0 Å². The summed E-state index contributed by atoms with van der Waals surface area (Å²) in [6.45, 7) is 2.43. The van der Waals surface area contributed by atoms with Gasteiger partial charge in [0.25, 0.3) is 5.91 Å². The molecule has 170 valence electrons. The number of imide groups is 1. The van der Waals surface area contributed by atoms with Gasteiger partial charge in [0.15, 0.2) is 11.5 Å². The number of ether oxygens (including phenoxy) is 2. The number of thiazole rings is 1. The summed E-state index contributed by atoms with van der Waals surface area (Å²) in [5.41, 5.74) is 0.129. The molecule has 9 nitrogen and oxygen atoms in total. The number of rotatable bonds is 5. The second-order valence-electron chi connectivity index (χ2n) is 8.13. The zero-order valence-electron chi connectivity index (χ0n) is 18.2. The first-order valence-electron chi connectivity index (χ1n) is 10.5. The third-order valence-corrected chi connectivity index (χ3v) is 6.85. The minimum atomic E-state index is -1.31. The third kappa shape index (κ3) is 3.76. The van der Waals surface area contributed by atoms with E-state index >= 15 is 0 Å². The fourth-order valence-electron chi connectivity index (χ4n) is 3.93. The van der Waals surface area contributed by atoms with Gasteiger partial charge in [-0.25, -0.2) is 9.78 Å². The van der Waals surface area contributed by atoms with Crippen molar-refractivity contribution in [2.45, 2.75) is 19.0 Å². The zero-order valence-corrected chi connectivity index (χ0v) is 19.0. The molecular weight excluding hydrogens is 444 g/mol. The van der Waals surface area contributed by atoms with Crippen molar-refractivity contribution in [2.24, 2.45) is 0 Å². The predicted molar refractivity (Wildman–Crippen MR) is 121 cm³/mol. The Morgan fingerprint density at radius 1 is 1.18 bits per heavy atom. The maximum atomic E-state index is 13.2. The number of benzene rings is 2. The summed E-state index contributed by atoms with van der Waals surface area (Å²) in [7, 11) is 1.63. The van der Waals surface area contributed by atoms with Crippen LogP contribution in [0.3, 0.4) is 0 Å². The summed E-state index contributed by atoms with van der Waals surface area (Å²) >= 11 is 1.51. The van der Waals surface area contributed by atoms with Crippen molar-refractivity contribution in [1.29, 1.82) is 0 Å². The minimum Gasteiger partial charge on any atom is -0.486 e. The van der Waals surface area contributed by atoms with Gasteiger partial charge in [0.2, 0.25) is 5.91 Å². The van der Waals surface area contributed by atoms with E-state index < -0.39 is 17.5 Å². The van der Waals surface area contributed by atoms with Crippen LogP contribution in [0.15, 0.2) is 42.5 Å². The fourth-order valence-corrected chi connectivity index (χ4v) is 4.95. The standard InChI is InChI=1S/C23H22N4O5S/c1-23(14-7-8-16-17(11-14)32-10-9-31-16)21(29)27(22(30)25-23)13-20(28)26(2)12-19-24-15-5-3-4-6-18(15)33-19/h3-8,11H,9-10,12-13H2,1-2H3,(H,25,30). The number of carbonyl (C=O) groups excluding carboxylic acids is 3. The van der Waals surface area contributed by atoms with Gasteiger partial charge in [-0.1, -0.05) is 18.2 Å². The summed E-state index contributed by atoms with van der Waals surface area (Å²) in [5.74, 6) is 0.260. The molecule has 0 radical (unpaired) electrons. The lowest BCUT2D eigenvalue weighted by Gasteiger charge is -2.25. The molecule has 0 saturated carbocycles. The highest BCUT2D eigenvalue weighted by Crippen LogP contribution is 2.36. The quantitative estimate of drug-likeness (QED) is 0.580. The lowest BCUT2D eigenvalue weighted by Crippen LogP contribution is -2.43. The third-order valence-electron chi connectivity index (χ3n) is 5.82. The Hall–Kier alpha value is -3.66. The van der Waals surface area contributed by atoms with Crippen LogP contribution in [-0.4, -0.2) is 59.4 Å². The number of fused-ring (bicyclic) bond motifs is 2. The molecule has 1 N–H and O–H groups in total. The largest absolute Gasteiger partial charge is 0.486 e. The van der Waals surface area contributed by atoms with Gasteiger partial charge in [0, 0.05) is 7.05 Å². The van der Waals surface area contributed by atoms with Crippen molar-refractivity contribution in [2.75, 3.05) is 26.8 Å². The number of hydrogen-bond acceptors (Lipinski definition) is 7. The van der Waals surface area contributed by atoms with Gasteiger partial charge in [0.05, 0.1) is 16.8 Å². The Labute approximate surface area is 193 Å². The van der Waals surface area contributed by atoms with E-state index in [-0.39, 0.29) is 12.5 Å². The highest BCUT2D eigenvalue weighted by molar-refractivity contribution is 7.18. The van der Waals surface area contributed by atoms with Gasteiger partial charge in [-0.3, -0.25) is 14.5 Å². The molecule has 1 atom stereocenters. The lowest BCUT2D eigenvalue weighted by molar-refractivity contribution is -0.138. The number of hydrogen-bond donors (Lipinski definition) is 1. The number of amides is 4. The van der Waals surface area contributed by atoms with Crippen LogP contribution in [0.4, 0.5) is 4.79 Å². The van der Waals surface area contributed by atoms with Crippen LogP contribution < -0.4 is 14.8 Å². The molecule has 0 spiro atoms. The highest BCUT2D eigenvalue weighted by atomic mass is 32.1. The molecule has 3 aromatic rings. The topological polar surface area (TPSA) is 101 Å². The van der Waals surface area contributed by atoms with E-state index in [2.05, 4.69) is 10.3 Å². The van der Waals surface area contributed by atoms with Gasteiger partial charge >= 0.3 is 6.03 Å². The fraction of sp³-hybridized carbons (Fsp3) is 0.304. The van der Waals surface area contributed by atoms with E-state index in [1.165, 1.54) is 16.2 Å². The number of urea groups is 1. The first kappa shape index (κ1) is 21.2. The average molecular weight is 467 g/mol. The molecule has 4 amide bonds. The molecule has 1 fully saturated rings. The van der Waals surface area contributed by atoms with Gasteiger partial charge < -0.3 is 19.7 Å². The maximum Gasteiger partial charge on any atom is 0.325 e. The van der Waals surface area contributed by atoms with E-state index in [4.69, 9.17) is 9.47 Å². The zero-order chi connectivity index (χ0) is 23.2. The van der Waals surface area contributed by atoms with Crippen LogP contribution >= 0.6 is 11.3 Å². The molecule has 1 saturated heterocycles. The number of nitrogens with one attached hydrogen (secondary N) is 1. The van der Waals surface area contributed by atoms with Crippen LogP contribution in [0.1, 0.15) is 17.5 Å². The Balaban J connectivity index is 1.30. The normalized spacial score (nSPS) is 19.6. The lowest BCUT2D eigenvalue weighted by atomic mass is 9.91.